The summed E-state index contributed by atoms with van der Waals surface area (Å²) >= 11 is 0. The van der Waals surface area contributed by atoms with Gasteiger partial charge in [0.2, 0.25) is 0 Å². The third-order valence-electron chi connectivity index (χ3n) is 2.41. The maximum Gasteiger partial charge on any atom is 0.413 e. The van der Waals surface area contributed by atoms with Gasteiger partial charge >= 0.3 is 12.2 Å². The van der Waals surface area contributed by atoms with Crippen LogP contribution in [0.15, 0.2) is 0 Å². The molecule has 0 N–H and O–H groups in total. The molecule has 0 amide bonds. The van der Waals surface area contributed by atoms with Gasteiger partial charge in [-0.25, -0.2) is 4.79 Å². The number of rotatable bonds is 2. The number of esters is 1. The molecule has 72 valence electrons. The lowest BCUT2D eigenvalue weighted by atomic mass is 9.89. The number of hydrogen-bond acceptors (Lipinski definition) is 2. The summed E-state index contributed by atoms with van der Waals surface area (Å²) in [4.78, 5) is 13.5. The number of hydrogen-bond donors (Lipinski definition) is 0. The molecule has 0 spiro atoms. The van der Waals surface area contributed by atoms with Crippen LogP contribution in [0.3, 0.4) is 0 Å². The molecule has 1 fully saturated rings. The normalized spacial score (nSPS) is 27.5. The van der Waals surface area contributed by atoms with Gasteiger partial charge in [0.1, 0.15) is 6.10 Å². The van der Waals surface area contributed by atoms with Crippen LogP contribution in [-0.4, -0.2) is 23.1 Å². The van der Waals surface area contributed by atoms with E-state index in [-0.39, 0.29) is 6.10 Å². The quantitative estimate of drug-likeness (QED) is 0.280. The lowest BCUT2D eigenvalue weighted by Gasteiger charge is -2.24. The highest BCUT2D eigenvalue weighted by Gasteiger charge is 2.21. The summed E-state index contributed by atoms with van der Waals surface area (Å²) in [5, 5.41) is 0. The minimum absolute atomic E-state index is 0.0155. The molecule has 1 aliphatic carbocycles. The molecule has 0 aliphatic heterocycles. The van der Waals surface area contributed by atoms with Gasteiger partial charge in [-0.1, -0.05) is 6.92 Å². The zero-order valence-electron chi connectivity index (χ0n) is 7.77. The van der Waals surface area contributed by atoms with Crippen molar-refractivity contribution in [3.63, 3.8) is 0 Å². The van der Waals surface area contributed by atoms with Crippen molar-refractivity contribution in [2.45, 2.75) is 38.7 Å². The summed E-state index contributed by atoms with van der Waals surface area (Å²) < 4.78 is 5.03. The Morgan fingerprint density at radius 1 is 1.46 bits per heavy atom. The maximum absolute atomic E-state index is 10.9. The van der Waals surface area contributed by atoms with Crippen molar-refractivity contribution in [3.05, 3.63) is 5.53 Å². The van der Waals surface area contributed by atoms with Crippen molar-refractivity contribution < 1.29 is 14.3 Å². The Hall–Kier alpha value is -1.15. The zero-order valence-corrected chi connectivity index (χ0v) is 7.77. The average molecular weight is 182 g/mol. The first-order valence-corrected chi connectivity index (χ1v) is 4.60. The van der Waals surface area contributed by atoms with Gasteiger partial charge in [0.15, 0.2) is 0 Å². The van der Waals surface area contributed by atoms with E-state index in [2.05, 4.69) is 11.7 Å². The molecule has 0 unspecified atom stereocenters. The van der Waals surface area contributed by atoms with Crippen LogP contribution in [0.2, 0.25) is 0 Å². The first-order chi connectivity index (χ1) is 6.22. The molecule has 1 saturated carbocycles. The summed E-state index contributed by atoms with van der Waals surface area (Å²) in [6.45, 7) is 2.20. The van der Waals surface area contributed by atoms with Gasteiger partial charge in [-0.05, 0) is 31.6 Å². The molecular formula is C9H14N2O2. The van der Waals surface area contributed by atoms with E-state index in [0.717, 1.165) is 37.8 Å². The predicted molar refractivity (Wildman–Crippen MR) is 47.2 cm³/mol. The van der Waals surface area contributed by atoms with Gasteiger partial charge < -0.3 is 10.3 Å². The largest absolute Gasteiger partial charge is 0.454 e. The average Bonchev–Trinajstić information content (AvgIpc) is 2.09. The van der Waals surface area contributed by atoms with E-state index in [1.54, 1.807) is 0 Å². The van der Waals surface area contributed by atoms with Crippen LogP contribution in [0.4, 0.5) is 0 Å². The lowest BCUT2D eigenvalue weighted by molar-refractivity contribution is -0.145. The predicted octanol–water partition coefficient (Wildman–Crippen LogP) is 1.41. The van der Waals surface area contributed by atoms with Crippen LogP contribution in [0.25, 0.3) is 5.53 Å². The first-order valence-electron chi connectivity index (χ1n) is 4.60. The second-order valence-corrected chi connectivity index (χ2v) is 3.56. The summed E-state index contributed by atoms with van der Waals surface area (Å²) in [6, 6.07) is 0. The van der Waals surface area contributed by atoms with Gasteiger partial charge in [-0.2, -0.15) is 4.79 Å². The second kappa shape index (κ2) is 4.77. The van der Waals surface area contributed by atoms with Crippen LogP contribution < -0.4 is 0 Å². The minimum Gasteiger partial charge on any atom is -0.454 e. The van der Waals surface area contributed by atoms with Gasteiger partial charge in [-0.15, -0.1) is 0 Å². The highest BCUT2D eigenvalue weighted by atomic mass is 16.5. The fraction of sp³-hybridized carbons (Fsp3) is 0.778. The molecule has 0 aromatic heterocycles. The van der Waals surface area contributed by atoms with E-state index >= 15 is 0 Å². The molecule has 4 heteroatoms. The Balaban J connectivity index is 2.30. The molecule has 0 aromatic rings. The van der Waals surface area contributed by atoms with E-state index in [9.17, 15) is 4.79 Å². The summed E-state index contributed by atoms with van der Waals surface area (Å²) in [5.41, 5.74) is 8.08. The van der Waals surface area contributed by atoms with Crippen LogP contribution in [0.5, 0.6) is 0 Å². The summed E-state index contributed by atoms with van der Waals surface area (Å²) in [6.07, 6.45) is 4.86. The van der Waals surface area contributed by atoms with Crippen molar-refractivity contribution in [1.82, 2.24) is 0 Å². The number of carbonyl (C=O) groups excluding carboxylic acids is 1. The summed E-state index contributed by atoms with van der Waals surface area (Å²) in [7, 11) is 0. The van der Waals surface area contributed by atoms with Crippen molar-refractivity contribution in [3.8, 4) is 0 Å². The van der Waals surface area contributed by atoms with E-state index in [1.165, 1.54) is 0 Å². The standard InChI is InChI=1S/C9H14N2O2/c1-7-2-4-8(5-3-7)13-9(12)6-11-10/h6-8H,2-5H2,1H3. The Bertz CT molecular complexity index is 226. The smallest absolute Gasteiger partial charge is 0.413 e. The highest BCUT2D eigenvalue weighted by molar-refractivity contribution is 6.20. The molecule has 0 aromatic carbocycles. The highest BCUT2D eigenvalue weighted by Crippen LogP contribution is 2.25. The van der Waals surface area contributed by atoms with Crippen LogP contribution >= 0.6 is 0 Å². The Kier molecular flexibility index (Phi) is 3.65. The molecule has 1 rings (SSSR count). The number of nitrogens with zero attached hydrogens (tertiary/aromatic N) is 2. The minimum atomic E-state index is -0.554. The van der Waals surface area contributed by atoms with Gasteiger partial charge in [-0.3, -0.25) is 0 Å². The van der Waals surface area contributed by atoms with Crippen molar-refractivity contribution in [1.29, 1.82) is 0 Å². The van der Waals surface area contributed by atoms with Gasteiger partial charge in [0, 0.05) is 0 Å². The molecule has 0 heterocycles. The van der Waals surface area contributed by atoms with E-state index in [0.29, 0.717) is 0 Å². The van der Waals surface area contributed by atoms with Crippen LogP contribution in [0.1, 0.15) is 32.6 Å². The maximum atomic E-state index is 10.9. The lowest BCUT2D eigenvalue weighted by Crippen LogP contribution is -2.24. The van der Waals surface area contributed by atoms with E-state index in [4.69, 9.17) is 10.3 Å². The van der Waals surface area contributed by atoms with Crippen molar-refractivity contribution in [2.24, 2.45) is 5.92 Å². The molecule has 1 aliphatic rings. The SMILES string of the molecule is CC1CCC(OC(=O)C=[N+]=[N-])CC1. The molecular weight excluding hydrogens is 168 g/mol. The Morgan fingerprint density at radius 2 is 2.08 bits per heavy atom. The number of ether oxygens (including phenoxy) is 1. The van der Waals surface area contributed by atoms with Gasteiger partial charge in [0.05, 0.1) is 0 Å². The van der Waals surface area contributed by atoms with Gasteiger partial charge in [0.25, 0.3) is 0 Å². The number of carbonyl (C=O) groups is 1. The first kappa shape index (κ1) is 9.93. The van der Waals surface area contributed by atoms with Crippen molar-refractivity contribution in [2.75, 3.05) is 0 Å². The third-order valence-corrected chi connectivity index (χ3v) is 2.41. The zero-order chi connectivity index (χ0) is 9.68. The molecule has 4 nitrogen and oxygen atoms in total. The molecule has 0 radical (unpaired) electrons. The molecule has 0 bridgehead atoms. The molecule has 0 atom stereocenters. The van der Waals surface area contributed by atoms with E-state index < -0.39 is 5.97 Å². The molecule has 13 heavy (non-hydrogen) atoms. The Morgan fingerprint density at radius 3 is 2.62 bits per heavy atom. The van der Waals surface area contributed by atoms with Crippen LogP contribution in [0, 0.1) is 5.92 Å². The third kappa shape index (κ3) is 3.38. The second-order valence-electron chi connectivity index (χ2n) is 3.56. The Labute approximate surface area is 77.5 Å². The molecule has 0 saturated heterocycles. The van der Waals surface area contributed by atoms with Crippen LogP contribution in [-0.2, 0) is 9.53 Å². The monoisotopic (exact) mass is 182 g/mol. The topological polar surface area (TPSA) is 62.7 Å². The fourth-order valence-electron chi connectivity index (χ4n) is 1.59. The fourth-order valence-corrected chi connectivity index (χ4v) is 1.59. The van der Waals surface area contributed by atoms with Crippen molar-refractivity contribution >= 4 is 12.2 Å². The summed E-state index contributed by atoms with van der Waals surface area (Å²) in [5.74, 6) is 0.184. The van der Waals surface area contributed by atoms with E-state index in [1.807, 2.05) is 0 Å².